The van der Waals surface area contributed by atoms with Gasteiger partial charge in [-0.25, -0.2) is 9.98 Å². The van der Waals surface area contributed by atoms with E-state index in [-0.39, 0.29) is 0 Å². The van der Waals surface area contributed by atoms with Gasteiger partial charge in [0, 0.05) is 33.1 Å². The molecule has 148 valence electrons. The van der Waals surface area contributed by atoms with Gasteiger partial charge in [0.1, 0.15) is 18.1 Å². The Morgan fingerprint density at radius 1 is 1.19 bits per heavy atom. The van der Waals surface area contributed by atoms with Crippen LogP contribution in [0.3, 0.4) is 0 Å². The number of nitrogens with zero attached hydrogens (tertiary/aromatic N) is 4. The minimum Gasteiger partial charge on any atom is -0.497 e. The molecule has 1 heterocycles. The number of anilines is 1. The van der Waals surface area contributed by atoms with Crippen LogP contribution < -0.4 is 19.7 Å². The van der Waals surface area contributed by atoms with Crippen molar-refractivity contribution in [3.8, 4) is 11.5 Å². The van der Waals surface area contributed by atoms with Crippen molar-refractivity contribution in [3.05, 3.63) is 35.3 Å². The summed E-state index contributed by atoms with van der Waals surface area (Å²) in [4.78, 5) is 13.3. The van der Waals surface area contributed by atoms with Crippen molar-refractivity contribution in [2.75, 3.05) is 52.8 Å². The van der Waals surface area contributed by atoms with Gasteiger partial charge in [-0.1, -0.05) is 0 Å². The van der Waals surface area contributed by atoms with Crippen molar-refractivity contribution in [1.82, 2.24) is 15.2 Å². The van der Waals surface area contributed by atoms with E-state index in [2.05, 4.69) is 32.5 Å². The van der Waals surface area contributed by atoms with Gasteiger partial charge in [0.2, 0.25) is 0 Å². The van der Waals surface area contributed by atoms with Gasteiger partial charge < -0.3 is 24.6 Å². The molecule has 0 aliphatic heterocycles. The molecular weight excluding hydrogens is 362 g/mol. The van der Waals surface area contributed by atoms with E-state index < -0.39 is 0 Å². The van der Waals surface area contributed by atoms with Crippen molar-refractivity contribution in [1.29, 1.82) is 0 Å². The van der Waals surface area contributed by atoms with E-state index in [0.717, 1.165) is 41.4 Å². The van der Waals surface area contributed by atoms with Crippen molar-refractivity contribution in [2.24, 2.45) is 4.99 Å². The summed E-state index contributed by atoms with van der Waals surface area (Å²) < 4.78 is 11.0. The number of nitrogens with one attached hydrogen (secondary N) is 1. The lowest BCUT2D eigenvalue weighted by Gasteiger charge is -2.22. The lowest BCUT2D eigenvalue weighted by molar-refractivity contribution is 0.281. The Kier molecular flexibility index (Phi) is 8.19. The standard InChI is InChI=1S/C19H29N5O2S/c1-6-20-18(21-13-15-14-27-19(22-15)23(2)3)24(4)11-12-26-17-9-7-16(25-5)8-10-17/h7-10,14H,6,11-13H2,1-5H3,(H,20,21). The van der Waals surface area contributed by atoms with Crippen LogP contribution in [-0.4, -0.2) is 63.8 Å². The van der Waals surface area contributed by atoms with Gasteiger partial charge in [-0.2, -0.15) is 0 Å². The van der Waals surface area contributed by atoms with Gasteiger partial charge in [0.25, 0.3) is 0 Å². The molecule has 8 heteroatoms. The Balaban J connectivity index is 1.87. The zero-order chi connectivity index (χ0) is 19.6. The van der Waals surface area contributed by atoms with Crippen LogP contribution in [0.5, 0.6) is 11.5 Å². The molecule has 0 unspecified atom stereocenters. The molecule has 1 aromatic heterocycles. The number of hydrogen-bond acceptors (Lipinski definition) is 6. The highest BCUT2D eigenvalue weighted by molar-refractivity contribution is 7.13. The molecule has 1 N–H and O–H groups in total. The summed E-state index contributed by atoms with van der Waals surface area (Å²) in [6.07, 6.45) is 0. The van der Waals surface area contributed by atoms with Crippen molar-refractivity contribution in [2.45, 2.75) is 13.5 Å². The second-order valence-electron chi connectivity index (χ2n) is 6.13. The Bertz CT molecular complexity index is 715. The number of hydrogen-bond donors (Lipinski definition) is 1. The minimum atomic E-state index is 0.552. The van der Waals surface area contributed by atoms with Crippen LogP contribution >= 0.6 is 11.3 Å². The fourth-order valence-electron chi connectivity index (χ4n) is 2.28. The lowest BCUT2D eigenvalue weighted by atomic mass is 10.3. The first-order valence-corrected chi connectivity index (χ1v) is 9.79. The van der Waals surface area contributed by atoms with Gasteiger partial charge in [-0.3, -0.25) is 0 Å². The third-order valence-corrected chi connectivity index (χ3v) is 4.82. The van der Waals surface area contributed by atoms with Crippen molar-refractivity contribution < 1.29 is 9.47 Å². The minimum absolute atomic E-state index is 0.552. The van der Waals surface area contributed by atoms with E-state index in [1.165, 1.54) is 0 Å². The largest absolute Gasteiger partial charge is 0.497 e. The number of methoxy groups -OCH3 is 1. The highest BCUT2D eigenvalue weighted by atomic mass is 32.1. The average Bonchev–Trinajstić information content (AvgIpc) is 3.15. The van der Waals surface area contributed by atoms with Gasteiger partial charge >= 0.3 is 0 Å². The summed E-state index contributed by atoms with van der Waals surface area (Å²) in [6.45, 7) is 4.70. The Morgan fingerprint density at radius 2 is 1.89 bits per heavy atom. The fraction of sp³-hybridized carbons (Fsp3) is 0.474. The number of ether oxygens (including phenoxy) is 2. The molecule has 0 saturated heterocycles. The number of aliphatic imine (C=N–C) groups is 1. The maximum absolute atomic E-state index is 5.80. The average molecular weight is 392 g/mol. The number of likely N-dealkylation sites (N-methyl/N-ethyl adjacent to an activating group) is 1. The number of thiazole rings is 1. The van der Waals surface area contributed by atoms with Gasteiger partial charge in [0.15, 0.2) is 11.1 Å². The molecule has 2 aromatic rings. The predicted octanol–water partition coefficient (Wildman–Crippen LogP) is 2.69. The van der Waals surface area contributed by atoms with E-state index in [9.17, 15) is 0 Å². The van der Waals surface area contributed by atoms with Gasteiger partial charge in [-0.05, 0) is 31.2 Å². The molecule has 0 spiro atoms. The maximum atomic E-state index is 5.80. The number of aromatic nitrogens is 1. The summed E-state index contributed by atoms with van der Waals surface area (Å²) in [5.74, 6) is 2.49. The van der Waals surface area contributed by atoms with E-state index in [0.29, 0.717) is 13.2 Å². The van der Waals surface area contributed by atoms with Crippen molar-refractivity contribution >= 4 is 22.4 Å². The van der Waals surface area contributed by atoms with E-state index in [1.54, 1.807) is 18.4 Å². The molecule has 0 amide bonds. The van der Waals surface area contributed by atoms with Gasteiger partial charge in [-0.15, -0.1) is 11.3 Å². The van der Waals surface area contributed by atoms with Crippen LogP contribution in [0.1, 0.15) is 12.6 Å². The van der Waals surface area contributed by atoms with Crippen LogP contribution in [0, 0.1) is 0 Å². The molecule has 27 heavy (non-hydrogen) atoms. The molecule has 0 aliphatic carbocycles. The van der Waals surface area contributed by atoms with Gasteiger partial charge in [0.05, 0.1) is 25.9 Å². The second kappa shape index (κ2) is 10.6. The molecule has 7 nitrogen and oxygen atoms in total. The molecular formula is C19H29N5O2S. The highest BCUT2D eigenvalue weighted by Gasteiger charge is 2.08. The highest BCUT2D eigenvalue weighted by Crippen LogP contribution is 2.18. The van der Waals surface area contributed by atoms with Crippen LogP contribution in [-0.2, 0) is 6.54 Å². The molecule has 2 rings (SSSR count). The summed E-state index contributed by atoms with van der Waals surface area (Å²) in [7, 11) is 7.64. The molecule has 0 atom stereocenters. The maximum Gasteiger partial charge on any atom is 0.194 e. The Morgan fingerprint density at radius 3 is 2.48 bits per heavy atom. The van der Waals surface area contributed by atoms with Crippen LogP contribution in [0.15, 0.2) is 34.6 Å². The van der Waals surface area contributed by atoms with Crippen LogP contribution in [0.2, 0.25) is 0 Å². The summed E-state index contributed by atoms with van der Waals surface area (Å²) in [5.41, 5.74) is 0.974. The van der Waals surface area contributed by atoms with E-state index >= 15 is 0 Å². The third-order valence-electron chi connectivity index (χ3n) is 3.76. The zero-order valence-electron chi connectivity index (χ0n) is 16.7. The van der Waals surface area contributed by atoms with Crippen LogP contribution in [0.4, 0.5) is 5.13 Å². The Hall–Kier alpha value is -2.48. The number of benzene rings is 1. The van der Waals surface area contributed by atoms with Crippen molar-refractivity contribution in [3.63, 3.8) is 0 Å². The lowest BCUT2D eigenvalue weighted by Crippen LogP contribution is -2.40. The first-order valence-electron chi connectivity index (χ1n) is 8.91. The SMILES string of the molecule is CCNC(=NCc1csc(N(C)C)n1)N(C)CCOc1ccc(OC)cc1. The number of guanidine groups is 1. The van der Waals surface area contributed by atoms with E-state index in [1.807, 2.05) is 50.3 Å². The molecule has 0 aliphatic rings. The molecule has 0 fully saturated rings. The second-order valence-corrected chi connectivity index (χ2v) is 6.97. The molecule has 0 bridgehead atoms. The quantitative estimate of drug-likeness (QED) is 0.524. The summed E-state index contributed by atoms with van der Waals surface area (Å²) in [6, 6.07) is 7.59. The molecule has 0 saturated carbocycles. The first kappa shape index (κ1) is 20.8. The van der Waals surface area contributed by atoms with E-state index in [4.69, 9.17) is 9.47 Å². The van der Waals surface area contributed by atoms with Crippen LogP contribution in [0.25, 0.3) is 0 Å². The molecule has 0 radical (unpaired) electrons. The predicted molar refractivity (Wildman–Crippen MR) is 112 cm³/mol. The smallest absolute Gasteiger partial charge is 0.194 e. The fourth-order valence-corrected chi connectivity index (χ4v) is 3.03. The topological polar surface area (TPSA) is 62.2 Å². The normalized spacial score (nSPS) is 11.2. The summed E-state index contributed by atoms with van der Waals surface area (Å²) >= 11 is 1.63. The Labute approximate surface area is 165 Å². The first-order chi connectivity index (χ1) is 13.0. The monoisotopic (exact) mass is 391 g/mol. The third kappa shape index (κ3) is 6.63. The zero-order valence-corrected chi connectivity index (χ0v) is 17.5. The molecule has 1 aromatic carbocycles. The summed E-state index contributed by atoms with van der Waals surface area (Å²) in [5, 5.41) is 6.36. The number of rotatable bonds is 9.